The lowest BCUT2D eigenvalue weighted by Gasteiger charge is -2.45. The zero-order chi connectivity index (χ0) is 20.1. The van der Waals surface area contributed by atoms with Crippen LogP contribution in [0.5, 0.6) is 11.5 Å². The van der Waals surface area contributed by atoms with Crippen LogP contribution in [0.25, 0.3) is 0 Å². The van der Waals surface area contributed by atoms with Crippen LogP contribution in [-0.4, -0.2) is 44.9 Å². The number of nitrogens with zero attached hydrogens (tertiary/aromatic N) is 1. The topological polar surface area (TPSA) is 41.9 Å². The quantitative estimate of drug-likeness (QED) is 0.781. The van der Waals surface area contributed by atoms with Gasteiger partial charge in [0, 0.05) is 18.0 Å². The lowest BCUT2D eigenvalue weighted by molar-refractivity contribution is -0.0764. The molecular formula is C24H33NO3. The van der Waals surface area contributed by atoms with Crippen LogP contribution in [0.1, 0.15) is 30.4 Å². The molecule has 1 fully saturated rings. The van der Waals surface area contributed by atoms with Crippen molar-refractivity contribution in [2.45, 2.75) is 31.3 Å². The maximum atomic E-state index is 11.8. The zero-order valence-corrected chi connectivity index (χ0v) is 17.5. The fourth-order valence-electron chi connectivity index (χ4n) is 4.68. The van der Waals surface area contributed by atoms with E-state index in [-0.39, 0.29) is 5.92 Å². The Hall–Kier alpha value is -2.04. The maximum absolute atomic E-state index is 11.8. The van der Waals surface area contributed by atoms with Crippen LogP contribution in [0, 0.1) is 11.8 Å². The smallest absolute Gasteiger partial charge is 0.124 e. The summed E-state index contributed by atoms with van der Waals surface area (Å²) in [5, 5.41) is 11.8. The molecule has 3 unspecified atom stereocenters. The SMILES string of the molecule is COc1cccc(CC2CCC(O)(c3ccccc3OC)C(CN(C)C)C2)c1. The van der Waals surface area contributed by atoms with E-state index in [1.165, 1.54) is 5.56 Å². The van der Waals surface area contributed by atoms with Crippen LogP contribution >= 0.6 is 0 Å². The number of ether oxygens (including phenoxy) is 2. The number of rotatable bonds is 7. The molecule has 0 heterocycles. The highest BCUT2D eigenvalue weighted by Gasteiger charge is 2.44. The number of benzene rings is 2. The third-order valence-electron chi connectivity index (χ3n) is 6.04. The first-order valence-electron chi connectivity index (χ1n) is 10.1. The Morgan fingerprint density at radius 2 is 1.86 bits per heavy atom. The highest BCUT2D eigenvalue weighted by atomic mass is 16.5. The Bertz CT molecular complexity index is 776. The summed E-state index contributed by atoms with van der Waals surface area (Å²) in [5.41, 5.74) is 1.36. The van der Waals surface area contributed by atoms with Gasteiger partial charge in [-0.1, -0.05) is 30.3 Å². The van der Waals surface area contributed by atoms with Crippen LogP contribution < -0.4 is 9.47 Å². The van der Waals surface area contributed by atoms with Crippen LogP contribution in [0.15, 0.2) is 48.5 Å². The van der Waals surface area contributed by atoms with E-state index in [2.05, 4.69) is 37.2 Å². The second-order valence-corrected chi connectivity index (χ2v) is 8.28. The number of hydrogen-bond acceptors (Lipinski definition) is 4. The van der Waals surface area contributed by atoms with Gasteiger partial charge in [0.15, 0.2) is 0 Å². The molecule has 0 spiro atoms. The summed E-state index contributed by atoms with van der Waals surface area (Å²) >= 11 is 0. The van der Waals surface area contributed by atoms with Crippen molar-refractivity contribution in [3.63, 3.8) is 0 Å². The standard InChI is InChI=1S/C24H33NO3/c1-25(2)17-20-15-19(14-18-8-7-9-21(16-18)27-3)12-13-24(20,26)22-10-5-6-11-23(22)28-4/h5-11,16,19-20,26H,12-15,17H2,1-4H3. The van der Waals surface area contributed by atoms with Gasteiger partial charge in [-0.2, -0.15) is 0 Å². The molecule has 2 aromatic carbocycles. The van der Waals surface area contributed by atoms with E-state index in [4.69, 9.17) is 9.47 Å². The van der Waals surface area contributed by atoms with E-state index >= 15 is 0 Å². The normalized spacial score (nSPS) is 24.9. The highest BCUT2D eigenvalue weighted by molar-refractivity contribution is 5.39. The second kappa shape index (κ2) is 8.97. The van der Waals surface area contributed by atoms with Crippen molar-refractivity contribution in [2.75, 3.05) is 34.9 Å². The molecule has 3 atom stereocenters. The van der Waals surface area contributed by atoms with Gasteiger partial charge in [-0.3, -0.25) is 0 Å². The van der Waals surface area contributed by atoms with Gasteiger partial charge in [0.2, 0.25) is 0 Å². The summed E-state index contributed by atoms with van der Waals surface area (Å²) in [6.07, 6.45) is 3.75. The predicted octanol–water partition coefficient (Wildman–Crippen LogP) is 4.11. The Balaban J connectivity index is 1.83. The van der Waals surface area contributed by atoms with E-state index in [0.29, 0.717) is 5.92 Å². The van der Waals surface area contributed by atoms with E-state index in [0.717, 1.165) is 49.3 Å². The number of para-hydroxylation sites is 1. The summed E-state index contributed by atoms with van der Waals surface area (Å²) in [6, 6.07) is 16.3. The summed E-state index contributed by atoms with van der Waals surface area (Å²) in [4.78, 5) is 2.18. The average molecular weight is 384 g/mol. The molecule has 0 radical (unpaired) electrons. The maximum Gasteiger partial charge on any atom is 0.124 e. The molecule has 3 rings (SSSR count). The first kappa shape index (κ1) is 20.7. The van der Waals surface area contributed by atoms with E-state index in [1.54, 1.807) is 14.2 Å². The lowest BCUT2D eigenvalue weighted by Crippen LogP contribution is -2.45. The summed E-state index contributed by atoms with van der Waals surface area (Å²) in [7, 11) is 7.54. The molecular weight excluding hydrogens is 350 g/mol. The van der Waals surface area contributed by atoms with Gasteiger partial charge < -0.3 is 19.5 Å². The van der Waals surface area contributed by atoms with Gasteiger partial charge >= 0.3 is 0 Å². The van der Waals surface area contributed by atoms with Crippen LogP contribution in [0.3, 0.4) is 0 Å². The van der Waals surface area contributed by atoms with Gasteiger partial charge in [0.25, 0.3) is 0 Å². The molecule has 1 N–H and O–H groups in total. The van der Waals surface area contributed by atoms with E-state index in [1.807, 2.05) is 30.3 Å². The molecule has 28 heavy (non-hydrogen) atoms. The van der Waals surface area contributed by atoms with Gasteiger partial charge in [0.1, 0.15) is 11.5 Å². The third kappa shape index (κ3) is 4.50. The molecule has 1 aliphatic carbocycles. The largest absolute Gasteiger partial charge is 0.497 e. The first-order valence-corrected chi connectivity index (χ1v) is 10.1. The van der Waals surface area contributed by atoms with Crippen molar-refractivity contribution < 1.29 is 14.6 Å². The minimum Gasteiger partial charge on any atom is -0.497 e. The van der Waals surface area contributed by atoms with Crippen molar-refractivity contribution in [2.24, 2.45) is 11.8 Å². The predicted molar refractivity (Wildman–Crippen MR) is 113 cm³/mol. The molecule has 1 saturated carbocycles. The number of methoxy groups -OCH3 is 2. The highest BCUT2D eigenvalue weighted by Crippen LogP contribution is 2.47. The van der Waals surface area contributed by atoms with Gasteiger partial charge in [-0.05, 0) is 69.5 Å². The Labute approximate surface area is 169 Å². The molecule has 0 aliphatic heterocycles. The van der Waals surface area contributed by atoms with Crippen LogP contribution in [0.4, 0.5) is 0 Å². The summed E-state index contributed by atoms with van der Waals surface area (Å²) < 4.78 is 11.0. The van der Waals surface area contributed by atoms with Gasteiger partial charge in [-0.15, -0.1) is 0 Å². The average Bonchev–Trinajstić information content (AvgIpc) is 2.70. The minimum absolute atomic E-state index is 0.156. The fraction of sp³-hybridized carbons (Fsp3) is 0.500. The zero-order valence-electron chi connectivity index (χ0n) is 17.5. The fourth-order valence-corrected chi connectivity index (χ4v) is 4.68. The Kier molecular flexibility index (Phi) is 6.63. The van der Waals surface area contributed by atoms with Gasteiger partial charge in [0.05, 0.1) is 19.8 Å². The van der Waals surface area contributed by atoms with Gasteiger partial charge in [-0.25, -0.2) is 0 Å². The van der Waals surface area contributed by atoms with Crippen molar-refractivity contribution in [1.82, 2.24) is 4.90 Å². The molecule has 2 aromatic rings. The summed E-state index contributed by atoms with van der Waals surface area (Å²) in [5.74, 6) is 2.39. The van der Waals surface area contributed by atoms with Crippen molar-refractivity contribution in [1.29, 1.82) is 0 Å². The first-order chi connectivity index (χ1) is 13.5. The molecule has 0 saturated heterocycles. The Morgan fingerprint density at radius 1 is 1.07 bits per heavy atom. The minimum atomic E-state index is -0.859. The van der Waals surface area contributed by atoms with Crippen LogP contribution in [-0.2, 0) is 12.0 Å². The number of hydrogen-bond donors (Lipinski definition) is 1. The second-order valence-electron chi connectivity index (χ2n) is 8.28. The molecule has 0 bridgehead atoms. The van der Waals surface area contributed by atoms with Crippen LogP contribution in [0.2, 0.25) is 0 Å². The Morgan fingerprint density at radius 3 is 2.57 bits per heavy atom. The molecule has 4 nitrogen and oxygen atoms in total. The summed E-state index contributed by atoms with van der Waals surface area (Å²) in [6.45, 7) is 0.850. The lowest BCUT2D eigenvalue weighted by atomic mass is 9.66. The van der Waals surface area contributed by atoms with Crippen molar-refractivity contribution in [3.05, 3.63) is 59.7 Å². The number of aliphatic hydroxyl groups is 1. The molecule has 0 aromatic heterocycles. The molecule has 4 heteroatoms. The molecule has 0 amide bonds. The van der Waals surface area contributed by atoms with E-state index in [9.17, 15) is 5.11 Å². The monoisotopic (exact) mass is 383 g/mol. The van der Waals surface area contributed by atoms with E-state index < -0.39 is 5.60 Å². The van der Waals surface area contributed by atoms with Crippen molar-refractivity contribution >= 4 is 0 Å². The molecule has 152 valence electrons. The molecule has 1 aliphatic rings. The van der Waals surface area contributed by atoms with Crippen molar-refractivity contribution in [3.8, 4) is 11.5 Å². The third-order valence-corrected chi connectivity index (χ3v) is 6.04.